The number of nitrogens with zero attached hydrogens (tertiary/aromatic N) is 3. The lowest BCUT2D eigenvalue weighted by Crippen LogP contribution is -2.49. The van der Waals surface area contributed by atoms with Crippen LogP contribution in [-0.2, 0) is 17.8 Å². The number of nitriles is 1. The van der Waals surface area contributed by atoms with Crippen molar-refractivity contribution in [2.24, 2.45) is 5.92 Å². The highest BCUT2D eigenvalue weighted by Gasteiger charge is 2.30. The predicted octanol–water partition coefficient (Wildman–Crippen LogP) is 4.18. The number of fused-ring (bicyclic) bond motifs is 1. The van der Waals surface area contributed by atoms with E-state index in [1.54, 1.807) is 23.6 Å². The third kappa shape index (κ3) is 5.57. The summed E-state index contributed by atoms with van der Waals surface area (Å²) in [6.07, 6.45) is 1.63. The highest BCUT2D eigenvalue weighted by atomic mass is 32.2. The van der Waals surface area contributed by atoms with E-state index in [4.69, 9.17) is 0 Å². The summed E-state index contributed by atoms with van der Waals surface area (Å²) in [7, 11) is 0. The Bertz CT molecular complexity index is 1180. The van der Waals surface area contributed by atoms with Gasteiger partial charge in [-0.3, -0.25) is 14.2 Å². The molecule has 1 heterocycles. The van der Waals surface area contributed by atoms with Gasteiger partial charge in [-0.25, -0.2) is 4.98 Å². The van der Waals surface area contributed by atoms with E-state index in [-0.39, 0.29) is 23.1 Å². The van der Waals surface area contributed by atoms with Gasteiger partial charge >= 0.3 is 0 Å². The number of rotatable bonds is 9. The maximum Gasteiger partial charge on any atom is 0.262 e. The lowest BCUT2D eigenvalue weighted by atomic mass is 9.90. The highest BCUT2D eigenvalue weighted by Crippen LogP contribution is 2.20. The van der Waals surface area contributed by atoms with E-state index in [1.165, 1.54) is 17.3 Å². The number of para-hydroxylation sites is 1. The molecule has 0 spiro atoms. The van der Waals surface area contributed by atoms with Crippen molar-refractivity contribution in [2.75, 3.05) is 5.75 Å². The molecule has 0 bridgehead atoms. The Morgan fingerprint density at radius 3 is 2.56 bits per heavy atom. The molecule has 0 aliphatic carbocycles. The van der Waals surface area contributed by atoms with E-state index in [0.29, 0.717) is 22.6 Å². The molecule has 6 nitrogen and oxygen atoms in total. The number of hydrogen-bond acceptors (Lipinski definition) is 5. The van der Waals surface area contributed by atoms with Gasteiger partial charge in [0.1, 0.15) is 5.54 Å². The van der Waals surface area contributed by atoms with Crippen molar-refractivity contribution < 1.29 is 4.79 Å². The zero-order valence-corrected chi connectivity index (χ0v) is 19.5. The van der Waals surface area contributed by atoms with Gasteiger partial charge in [0.25, 0.3) is 5.56 Å². The lowest BCUT2D eigenvalue weighted by molar-refractivity contribution is -0.120. The van der Waals surface area contributed by atoms with Crippen LogP contribution in [0.2, 0.25) is 0 Å². The minimum atomic E-state index is -0.941. The molecule has 3 rings (SSSR count). The second kappa shape index (κ2) is 10.5. The summed E-state index contributed by atoms with van der Waals surface area (Å²) in [5.74, 6) is -0.213. The van der Waals surface area contributed by atoms with Gasteiger partial charge in [-0.1, -0.05) is 68.1 Å². The summed E-state index contributed by atoms with van der Waals surface area (Å²) in [4.78, 5) is 30.4. The molecular weight excluding hydrogens is 420 g/mol. The molecule has 0 aliphatic rings. The number of aromatic nitrogens is 2. The van der Waals surface area contributed by atoms with E-state index >= 15 is 0 Å². The van der Waals surface area contributed by atoms with Gasteiger partial charge in [-0.05, 0) is 43.4 Å². The SMILES string of the molecule is CC(C)C(C)(C#N)NC(=O)CSc1nc2ccccc2c(=O)n1CCCc1ccccc1. The number of carbonyl (C=O) groups excluding carboxylic acids is 1. The summed E-state index contributed by atoms with van der Waals surface area (Å²) in [6, 6.07) is 19.6. The van der Waals surface area contributed by atoms with Crippen molar-refractivity contribution in [3.8, 4) is 6.07 Å². The smallest absolute Gasteiger partial charge is 0.262 e. The van der Waals surface area contributed by atoms with Crippen LogP contribution in [0, 0.1) is 17.2 Å². The van der Waals surface area contributed by atoms with Gasteiger partial charge in [-0.15, -0.1) is 0 Å². The molecule has 0 saturated carbocycles. The zero-order valence-electron chi connectivity index (χ0n) is 18.7. The Hall–Kier alpha value is -3.11. The summed E-state index contributed by atoms with van der Waals surface area (Å²) in [5, 5.41) is 13.3. The van der Waals surface area contributed by atoms with Crippen LogP contribution in [0.25, 0.3) is 10.9 Å². The summed E-state index contributed by atoms with van der Waals surface area (Å²) >= 11 is 1.22. The largest absolute Gasteiger partial charge is 0.337 e. The van der Waals surface area contributed by atoms with Crippen molar-refractivity contribution in [3.63, 3.8) is 0 Å². The molecule has 1 unspecified atom stereocenters. The molecule has 0 aliphatic heterocycles. The number of hydrogen-bond donors (Lipinski definition) is 1. The van der Waals surface area contributed by atoms with Crippen LogP contribution in [0.1, 0.15) is 32.8 Å². The molecule has 7 heteroatoms. The third-order valence-electron chi connectivity index (χ3n) is 5.64. The lowest BCUT2D eigenvalue weighted by Gasteiger charge is -2.27. The standard InChI is InChI=1S/C25H28N4O2S/c1-18(2)25(3,17-26)28-22(30)16-32-24-27-21-14-8-7-13-20(21)23(31)29(24)15-9-12-19-10-5-4-6-11-19/h4-8,10-11,13-14,18H,9,12,15-16H2,1-3H3,(H,28,30). The van der Waals surface area contributed by atoms with Gasteiger partial charge in [0.05, 0.1) is 22.7 Å². The molecule has 0 radical (unpaired) electrons. The molecule has 3 aromatic rings. The van der Waals surface area contributed by atoms with Crippen molar-refractivity contribution in [3.05, 3.63) is 70.5 Å². The number of benzene rings is 2. The maximum atomic E-state index is 13.2. The fourth-order valence-electron chi connectivity index (χ4n) is 3.30. The van der Waals surface area contributed by atoms with Gasteiger partial charge in [0.2, 0.25) is 5.91 Å². The molecule has 0 saturated heterocycles. The molecule has 1 atom stereocenters. The Balaban J connectivity index is 1.80. The number of nitrogens with one attached hydrogen (secondary N) is 1. The average molecular weight is 449 g/mol. The number of carbonyl (C=O) groups is 1. The van der Waals surface area contributed by atoms with Gasteiger partial charge in [-0.2, -0.15) is 5.26 Å². The van der Waals surface area contributed by atoms with Crippen molar-refractivity contribution >= 4 is 28.6 Å². The topological polar surface area (TPSA) is 87.8 Å². The Labute approximate surface area is 192 Å². The van der Waals surface area contributed by atoms with Crippen molar-refractivity contribution in [1.82, 2.24) is 14.9 Å². The van der Waals surface area contributed by atoms with Gasteiger partial charge in [0, 0.05) is 6.54 Å². The van der Waals surface area contributed by atoms with Crippen molar-refractivity contribution in [2.45, 2.75) is 50.9 Å². The summed E-state index contributed by atoms with van der Waals surface area (Å²) in [5.41, 5.74) is 0.788. The maximum absolute atomic E-state index is 13.2. The number of aryl methyl sites for hydroxylation is 1. The first-order valence-corrected chi connectivity index (χ1v) is 11.7. The molecule has 1 N–H and O–H groups in total. The zero-order chi connectivity index (χ0) is 23.1. The average Bonchev–Trinajstić information content (AvgIpc) is 2.80. The summed E-state index contributed by atoms with van der Waals surface area (Å²) in [6.45, 7) is 6.02. The number of thioether (sulfide) groups is 1. The molecular formula is C25H28N4O2S. The van der Waals surface area contributed by atoms with Crippen LogP contribution in [0.5, 0.6) is 0 Å². The molecule has 0 fully saturated rings. The van der Waals surface area contributed by atoms with Crippen LogP contribution in [0.15, 0.2) is 64.5 Å². The van der Waals surface area contributed by atoms with Crippen LogP contribution < -0.4 is 10.9 Å². The van der Waals surface area contributed by atoms with E-state index < -0.39 is 5.54 Å². The first-order chi connectivity index (χ1) is 15.3. The molecule has 32 heavy (non-hydrogen) atoms. The van der Waals surface area contributed by atoms with E-state index in [2.05, 4.69) is 28.5 Å². The minimum absolute atomic E-state index is 0.0311. The molecule has 1 amide bonds. The quantitative estimate of drug-likeness (QED) is 0.392. The fourth-order valence-corrected chi connectivity index (χ4v) is 4.12. The predicted molar refractivity (Wildman–Crippen MR) is 128 cm³/mol. The summed E-state index contributed by atoms with van der Waals surface area (Å²) < 4.78 is 1.66. The van der Waals surface area contributed by atoms with Crippen LogP contribution in [0.4, 0.5) is 0 Å². The normalized spacial score (nSPS) is 13.0. The van der Waals surface area contributed by atoms with Crippen molar-refractivity contribution in [1.29, 1.82) is 5.26 Å². The van der Waals surface area contributed by atoms with E-state index in [9.17, 15) is 14.9 Å². The fraction of sp³-hybridized carbons (Fsp3) is 0.360. The Morgan fingerprint density at radius 1 is 1.19 bits per heavy atom. The third-order valence-corrected chi connectivity index (χ3v) is 6.61. The monoisotopic (exact) mass is 448 g/mol. The van der Waals surface area contributed by atoms with Crippen LogP contribution >= 0.6 is 11.8 Å². The minimum Gasteiger partial charge on any atom is -0.337 e. The van der Waals surface area contributed by atoms with Gasteiger partial charge in [0.15, 0.2) is 5.16 Å². The van der Waals surface area contributed by atoms with Crippen LogP contribution in [-0.4, -0.2) is 26.8 Å². The molecule has 166 valence electrons. The first kappa shape index (κ1) is 23.6. The van der Waals surface area contributed by atoms with E-state index in [1.807, 2.05) is 44.2 Å². The van der Waals surface area contributed by atoms with Gasteiger partial charge < -0.3 is 5.32 Å². The number of amides is 1. The Kier molecular flexibility index (Phi) is 7.70. The molecule has 1 aromatic heterocycles. The molecule has 2 aromatic carbocycles. The van der Waals surface area contributed by atoms with E-state index in [0.717, 1.165) is 12.8 Å². The van der Waals surface area contributed by atoms with Crippen LogP contribution in [0.3, 0.4) is 0 Å². The highest BCUT2D eigenvalue weighted by molar-refractivity contribution is 7.99. The first-order valence-electron chi connectivity index (χ1n) is 10.7. The second-order valence-electron chi connectivity index (χ2n) is 8.26. The Morgan fingerprint density at radius 2 is 1.88 bits per heavy atom. The second-order valence-corrected chi connectivity index (χ2v) is 9.21.